The molecule has 1 unspecified atom stereocenters. The fourth-order valence-corrected chi connectivity index (χ4v) is 3.76. The summed E-state index contributed by atoms with van der Waals surface area (Å²) in [5, 5.41) is 15.5. The fourth-order valence-electron chi connectivity index (χ4n) is 3.52. The third-order valence-corrected chi connectivity index (χ3v) is 5.18. The van der Waals surface area contributed by atoms with Gasteiger partial charge in [-0.2, -0.15) is 0 Å². The number of dihydropyridines is 1. The van der Waals surface area contributed by atoms with Gasteiger partial charge in [0.25, 0.3) is 0 Å². The summed E-state index contributed by atoms with van der Waals surface area (Å²) in [4.78, 5) is 37.1. The molecular formula is C23H29ClN2O7. The molecule has 1 aliphatic rings. The molecule has 0 fully saturated rings. The van der Waals surface area contributed by atoms with E-state index >= 15 is 0 Å². The Bertz CT molecular complexity index is 942. The molecule has 10 heteroatoms. The number of esters is 1. The number of ketones is 1. The number of hydrogen-bond acceptors (Lipinski definition) is 8. The number of rotatable bonds is 11. The van der Waals surface area contributed by atoms with E-state index in [-0.39, 0.29) is 44.1 Å². The maximum atomic E-state index is 13.0. The van der Waals surface area contributed by atoms with Gasteiger partial charge in [0.1, 0.15) is 6.61 Å². The standard InChI is InChI=1S/C23H29ClN2O7/c1-4-32-22(29)21-17(13-31-11-10-25-23(30)33-5-2)26-14(3)19(18(28)12-27)20(21)15-8-6-7-9-16(15)24/h6-9,20,26-27H,4-5,10-13H2,1-3H3,(H,25,30). The number of hydrogen-bond donors (Lipinski definition) is 3. The predicted molar refractivity (Wildman–Crippen MR) is 122 cm³/mol. The van der Waals surface area contributed by atoms with Crippen LogP contribution in [0.15, 0.2) is 46.8 Å². The van der Waals surface area contributed by atoms with E-state index in [0.717, 1.165) is 0 Å². The SMILES string of the molecule is CCOC(=O)NCCOCC1=C(C(=O)OCC)C(c2ccccc2Cl)C(C(=O)CO)=C(C)N1. The van der Waals surface area contributed by atoms with Crippen molar-refractivity contribution < 1.29 is 33.7 Å². The zero-order valence-corrected chi connectivity index (χ0v) is 19.7. The van der Waals surface area contributed by atoms with E-state index < -0.39 is 30.4 Å². The Hall–Kier alpha value is -2.88. The van der Waals surface area contributed by atoms with Crippen LogP contribution in [0.3, 0.4) is 0 Å². The van der Waals surface area contributed by atoms with Gasteiger partial charge in [0.2, 0.25) is 0 Å². The second-order valence-electron chi connectivity index (χ2n) is 7.01. The molecule has 0 spiro atoms. The third-order valence-electron chi connectivity index (χ3n) is 4.84. The van der Waals surface area contributed by atoms with Gasteiger partial charge >= 0.3 is 12.1 Å². The monoisotopic (exact) mass is 480 g/mol. The van der Waals surface area contributed by atoms with Gasteiger partial charge in [0.05, 0.1) is 37.7 Å². The van der Waals surface area contributed by atoms with E-state index in [9.17, 15) is 19.5 Å². The number of carbonyl (C=O) groups excluding carboxylic acids is 3. The lowest BCUT2D eigenvalue weighted by Gasteiger charge is -2.32. The zero-order valence-electron chi connectivity index (χ0n) is 18.9. The zero-order chi connectivity index (χ0) is 24.4. The highest BCUT2D eigenvalue weighted by Crippen LogP contribution is 2.41. The molecule has 0 bridgehead atoms. The van der Waals surface area contributed by atoms with Gasteiger partial charge < -0.3 is 30.0 Å². The molecule has 0 radical (unpaired) electrons. The normalized spacial score (nSPS) is 15.7. The summed E-state index contributed by atoms with van der Waals surface area (Å²) < 4.78 is 15.7. The average molecular weight is 481 g/mol. The Morgan fingerprint density at radius 1 is 1.12 bits per heavy atom. The van der Waals surface area contributed by atoms with Gasteiger partial charge in [-0.25, -0.2) is 9.59 Å². The van der Waals surface area contributed by atoms with Gasteiger partial charge in [-0.15, -0.1) is 0 Å². The molecule has 9 nitrogen and oxygen atoms in total. The Morgan fingerprint density at radius 3 is 2.45 bits per heavy atom. The van der Waals surface area contributed by atoms with Gasteiger partial charge in [-0.1, -0.05) is 29.8 Å². The highest BCUT2D eigenvalue weighted by Gasteiger charge is 2.38. The van der Waals surface area contributed by atoms with Gasteiger partial charge in [0.15, 0.2) is 5.78 Å². The maximum absolute atomic E-state index is 13.0. The lowest BCUT2D eigenvalue weighted by Crippen LogP contribution is -2.35. The quantitative estimate of drug-likeness (QED) is 0.326. The Labute approximate surface area is 197 Å². The van der Waals surface area contributed by atoms with Crippen LogP contribution < -0.4 is 10.6 Å². The molecule has 1 heterocycles. The van der Waals surface area contributed by atoms with Gasteiger partial charge in [-0.3, -0.25) is 4.79 Å². The summed E-state index contributed by atoms with van der Waals surface area (Å²) in [5.74, 6) is -2.02. The first-order chi connectivity index (χ1) is 15.8. The van der Waals surface area contributed by atoms with Crippen molar-refractivity contribution in [2.24, 2.45) is 0 Å². The van der Waals surface area contributed by atoms with Crippen LogP contribution in [0.4, 0.5) is 4.79 Å². The topological polar surface area (TPSA) is 123 Å². The predicted octanol–water partition coefficient (Wildman–Crippen LogP) is 2.44. The van der Waals surface area contributed by atoms with Crippen molar-refractivity contribution in [1.82, 2.24) is 10.6 Å². The molecule has 1 amide bonds. The molecule has 1 aromatic carbocycles. The summed E-state index contributed by atoms with van der Waals surface area (Å²) >= 11 is 6.44. The number of benzene rings is 1. The van der Waals surface area contributed by atoms with E-state index in [0.29, 0.717) is 22.0 Å². The van der Waals surface area contributed by atoms with Crippen molar-refractivity contribution >= 4 is 29.4 Å². The summed E-state index contributed by atoms with van der Waals surface area (Å²) in [6, 6.07) is 6.87. The molecule has 2 rings (SSSR count). The van der Waals surface area contributed by atoms with Crippen LogP contribution in [0.25, 0.3) is 0 Å². The van der Waals surface area contributed by atoms with Crippen LogP contribution in [0.5, 0.6) is 0 Å². The van der Waals surface area contributed by atoms with Crippen LogP contribution >= 0.6 is 11.6 Å². The summed E-state index contributed by atoms with van der Waals surface area (Å²) in [6.07, 6.45) is -0.548. The Balaban J connectivity index is 2.40. The van der Waals surface area contributed by atoms with Crippen LogP contribution in [-0.4, -0.2) is 62.5 Å². The number of allylic oxidation sites excluding steroid dienone is 1. The summed E-state index contributed by atoms with van der Waals surface area (Å²) in [7, 11) is 0. The molecule has 1 atom stereocenters. The van der Waals surface area contributed by atoms with Gasteiger partial charge in [0, 0.05) is 28.8 Å². The largest absolute Gasteiger partial charge is 0.463 e. The number of alkyl carbamates (subject to hydrolysis) is 1. The molecular weight excluding hydrogens is 452 g/mol. The second-order valence-corrected chi connectivity index (χ2v) is 7.42. The third kappa shape index (κ3) is 6.80. The number of carbonyl (C=O) groups is 3. The highest BCUT2D eigenvalue weighted by atomic mass is 35.5. The fraction of sp³-hybridized carbons (Fsp3) is 0.435. The van der Waals surface area contributed by atoms with Crippen LogP contribution in [0, 0.1) is 0 Å². The van der Waals surface area contributed by atoms with Crippen molar-refractivity contribution in [1.29, 1.82) is 0 Å². The van der Waals surface area contributed by atoms with Crippen molar-refractivity contribution in [2.45, 2.75) is 26.7 Å². The van der Waals surface area contributed by atoms with E-state index in [2.05, 4.69) is 10.6 Å². The molecule has 33 heavy (non-hydrogen) atoms. The second kappa shape index (κ2) is 13.0. The van der Waals surface area contributed by atoms with Crippen LogP contribution in [0.1, 0.15) is 32.3 Å². The van der Waals surface area contributed by atoms with Crippen LogP contribution in [0.2, 0.25) is 5.02 Å². The van der Waals surface area contributed by atoms with E-state index in [1.165, 1.54) is 0 Å². The molecule has 0 aliphatic carbocycles. The first-order valence-corrected chi connectivity index (χ1v) is 11.0. The summed E-state index contributed by atoms with van der Waals surface area (Å²) in [6.45, 7) is 5.06. The molecule has 0 saturated carbocycles. The molecule has 0 aromatic heterocycles. The number of nitrogens with one attached hydrogen (secondary N) is 2. The number of aliphatic hydroxyl groups excluding tert-OH is 1. The first kappa shape index (κ1) is 26.4. The number of Topliss-reactive ketones (excluding diaryl/α,β-unsaturated/α-hetero) is 1. The highest BCUT2D eigenvalue weighted by molar-refractivity contribution is 6.31. The Morgan fingerprint density at radius 2 is 1.82 bits per heavy atom. The van der Waals surface area contributed by atoms with E-state index in [1.807, 2.05) is 0 Å². The number of amides is 1. The molecule has 3 N–H and O–H groups in total. The molecule has 1 aliphatic heterocycles. The summed E-state index contributed by atoms with van der Waals surface area (Å²) in [5.41, 5.74) is 1.80. The maximum Gasteiger partial charge on any atom is 0.407 e. The van der Waals surface area contributed by atoms with Crippen LogP contribution in [-0.2, 0) is 23.8 Å². The molecule has 0 saturated heterocycles. The Kier molecular flexibility index (Phi) is 10.4. The van der Waals surface area contributed by atoms with E-state index in [4.69, 9.17) is 25.8 Å². The first-order valence-electron chi connectivity index (χ1n) is 10.6. The van der Waals surface area contributed by atoms with Crippen molar-refractivity contribution in [2.75, 3.05) is 39.6 Å². The number of halogens is 1. The number of aliphatic hydroxyl groups is 1. The lowest BCUT2D eigenvalue weighted by atomic mass is 9.78. The average Bonchev–Trinajstić information content (AvgIpc) is 2.78. The molecule has 180 valence electrons. The minimum atomic E-state index is -0.852. The van der Waals surface area contributed by atoms with Gasteiger partial charge in [-0.05, 0) is 32.4 Å². The lowest BCUT2D eigenvalue weighted by molar-refractivity contribution is -0.139. The molecule has 1 aromatic rings. The van der Waals surface area contributed by atoms with E-state index in [1.54, 1.807) is 45.0 Å². The minimum Gasteiger partial charge on any atom is -0.463 e. The minimum absolute atomic E-state index is 0.0163. The van der Waals surface area contributed by atoms with Crippen molar-refractivity contribution in [3.05, 3.63) is 57.4 Å². The smallest absolute Gasteiger partial charge is 0.407 e. The van der Waals surface area contributed by atoms with Crippen molar-refractivity contribution in [3.8, 4) is 0 Å². The number of ether oxygens (including phenoxy) is 3. The van der Waals surface area contributed by atoms with Crippen molar-refractivity contribution in [3.63, 3.8) is 0 Å².